The van der Waals surface area contributed by atoms with Gasteiger partial charge >= 0.3 is 5.97 Å². The van der Waals surface area contributed by atoms with Gasteiger partial charge < -0.3 is 9.47 Å². The highest BCUT2D eigenvalue weighted by atomic mass is 16.5. The molecule has 3 rings (SSSR count). The monoisotopic (exact) mass is 282 g/mol. The number of esters is 1. The van der Waals surface area contributed by atoms with E-state index in [0.29, 0.717) is 18.8 Å². The van der Waals surface area contributed by atoms with Gasteiger partial charge in [-0.15, -0.1) is 0 Å². The van der Waals surface area contributed by atoms with E-state index in [1.165, 1.54) is 5.56 Å². The molecule has 21 heavy (non-hydrogen) atoms. The first kappa shape index (κ1) is 13.7. The standard InChI is InChI=1S/C18H18O3/c1-2-20-18(19)14-8-9-17-16(11-14)15(12-21-17)10-13-6-4-3-5-7-13/h3-9,11,15H,2,10,12H2,1H3. The first-order valence-electron chi connectivity index (χ1n) is 7.25. The summed E-state index contributed by atoms with van der Waals surface area (Å²) in [6.07, 6.45) is 0.917. The number of carbonyl (C=O) groups is 1. The van der Waals surface area contributed by atoms with Crippen LogP contribution in [-0.4, -0.2) is 19.2 Å². The smallest absolute Gasteiger partial charge is 0.338 e. The highest BCUT2D eigenvalue weighted by molar-refractivity contribution is 5.90. The van der Waals surface area contributed by atoms with E-state index in [-0.39, 0.29) is 11.9 Å². The molecule has 3 nitrogen and oxygen atoms in total. The minimum atomic E-state index is -0.273. The van der Waals surface area contributed by atoms with Gasteiger partial charge in [-0.1, -0.05) is 30.3 Å². The molecule has 0 radical (unpaired) electrons. The zero-order valence-electron chi connectivity index (χ0n) is 12.0. The fraction of sp³-hybridized carbons (Fsp3) is 0.278. The summed E-state index contributed by atoms with van der Waals surface area (Å²) in [4.78, 5) is 11.8. The molecule has 1 aliphatic heterocycles. The maximum atomic E-state index is 11.8. The van der Waals surface area contributed by atoms with E-state index in [2.05, 4.69) is 12.1 Å². The highest BCUT2D eigenvalue weighted by Gasteiger charge is 2.25. The van der Waals surface area contributed by atoms with Crippen LogP contribution in [0.15, 0.2) is 48.5 Å². The van der Waals surface area contributed by atoms with Crippen LogP contribution >= 0.6 is 0 Å². The van der Waals surface area contributed by atoms with E-state index in [1.807, 2.05) is 37.3 Å². The summed E-state index contributed by atoms with van der Waals surface area (Å²) >= 11 is 0. The van der Waals surface area contributed by atoms with E-state index in [0.717, 1.165) is 17.7 Å². The van der Waals surface area contributed by atoms with Crippen molar-refractivity contribution in [3.05, 3.63) is 65.2 Å². The number of carbonyl (C=O) groups excluding carboxylic acids is 1. The third-order valence-electron chi connectivity index (χ3n) is 3.73. The second-order valence-electron chi connectivity index (χ2n) is 5.17. The largest absolute Gasteiger partial charge is 0.493 e. The van der Waals surface area contributed by atoms with Gasteiger partial charge in [-0.2, -0.15) is 0 Å². The molecule has 2 aromatic carbocycles. The number of rotatable bonds is 4. The second kappa shape index (κ2) is 6.00. The van der Waals surface area contributed by atoms with Crippen molar-refractivity contribution < 1.29 is 14.3 Å². The Labute approximate surface area is 124 Å². The summed E-state index contributed by atoms with van der Waals surface area (Å²) in [6, 6.07) is 15.9. The molecular formula is C18H18O3. The van der Waals surface area contributed by atoms with Gasteiger partial charge in [0.2, 0.25) is 0 Å². The molecule has 0 aliphatic carbocycles. The topological polar surface area (TPSA) is 35.5 Å². The van der Waals surface area contributed by atoms with Gasteiger partial charge in [0.1, 0.15) is 5.75 Å². The van der Waals surface area contributed by atoms with Crippen molar-refractivity contribution in [2.75, 3.05) is 13.2 Å². The molecule has 0 saturated heterocycles. The Morgan fingerprint density at radius 2 is 2.05 bits per heavy atom. The zero-order chi connectivity index (χ0) is 14.7. The van der Waals surface area contributed by atoms with Crippen LogP contribution in [0.4, 0.5) is 0 Å². The lowest BCUT2D eigenvalue weighted by Crippen LogP contribution is -2.07. The van der Waals surface area contributed by atoms with Crippen molar-refractivity contribution in [3.8, 4) is 5.75 Å². The molecule has 0 bridgehead atoms. The molecule has 0 saturated carbocycles. The lowest BCUT2D eigenvalue weighted by molar-refractivity contribution is 0.0526. The number of fused-ring (bicyclic) bond motifs is 1. The van der Waals surface area contributed by atoms with Crippen LogP contribution in [-0.2, 0) is 11.2 Å². The number of benzene rings is 2. The Balaban J connectivity index is 1.83. The van der Waals surface area contributed by atoms with Crippen molar-refractivity contribution in [1.29, 1.82) is 0 Å². The Bertz CT molecular complexity index is 634. The summed E-state index contributed by atoms with van der Waals surface area (Å²) in [7, 11) is 0. The van der Waals surface area contributed by atoms with Crippen LogP contribution in [0.1, 0.15) is 34.3 Å². The molecule has 108 valence electrons. The molecule has 1 heterocycles. The SMILES string of the molecule is CCOC(=O)c1ccc2c(c1)C(Cc1ccccc1)CO2. The molecule has 1 aliphatic rings. The van der Waals surface area contributed by atoms with E-state index < -0.39 is 0 Å². The van der Waals surface area contributed by atoms with Crippen LogP contribution in [0.3, 0.4) is 0 Å². The van der Waals surface area contributed by atoms with Gasteiger partial charge in [-0.05, 0) is 37.1 Å². The van der Waals surface area contributed by atoms with Crippen LogP contribution in [0.5, 0.6) is 5.75 Å². The predicted molar refractivity (Wildman–Crippen MR) is 80.8 cm³/mol. The van der Waals surface area contributed by atoms with Gasteiger partial charge in [0, 0.05) is 11.5 Å². The van der Waals surface area contributed by atoms with Crippen LogP contribution in [0, 0.1) is 0 Å². The fourth-order valence-corrected chi connectivity index (χ4v) is 2.69. The lowest BCUT2D eigenvalue weighted by Gasteiger charge is -2.10. The van der Waals surface area contributed by atoms with E-state index in [4.69, 9.17) is 9.47 Å². The lowest BCUT2D eigenvalue weighted by atomic mass is 9.93. The number of hydrogen-bond acceptors (Lipinski definition) is 3. The minimum absolute atomic E-state index is 0.273. The molecular weight excluding hydrogens is 264 g/mol. The molecule has 0 amide bonds. The van der Waals surface area contributed by atoms with Crippen molar-refractivity contribution in [2.45, 2.75) is 19.3 Å². The van der Waals surface area contributed by atoms with Crippen molar-refractivity contribution in [1.82, 2.24) is 0 Å². The molecule has 1 unspecified atom stereocenters. The highest BCUT2D eigenvalue weighted by Crippen LogP contribution is 2.36. The number of ether oxygens (including phenoxy) is 2. The van der Waals surface area contributed by atoms with Crippen LogP contribution in [0.2, 0.25) is 0 Å². The fourth-order valence-electron chi connectivity index (χ4n) is 2.69. The quantitative estimate of drug-likeness (QED) is 0.804. The van der Waals surface area contributed by atoms with Crippen LogP contribution < -0.4 is 4.74 Å². The van der Waals surface area contributed by atoms with Gasteiger partial charge in [-0.3, -0.25) is 0 Å². The molecule has 0 N–H and O–H groups in total. The summed E-state index contributed by atoms with van der Waals surface area (Å²) in [5.74, 6) is 0.895. The molecule has 1 atom stereocenters. The zero-order valence-corrected chi connectivity index (χ0v) is 12.0. The Kier molecular flexibility index (Phi) is 3.91. The average Bonchev–Trinajstić information content (AvgIpc) is 2.91. The Morgan fingerprint density at radius 1 is 1.24 bits per heavy atom. The van der Waals surface area contributed by atoms with E-state index in [9.17, 15) is 4.79 Å². The summed E-state index contributed by atoms with van der Waals surface area (Å²) in [5.41, 5.74) is 2.98. The van der Waals surface area contributed by atoms with Crippen molar-refractivity contribution in [3.63, 3.8) is 0 Å². The normalized spacial score (nSPS) is 16.1. The number of hydrogen-bond donors (Lipinski definition) is 0. The Morgan fingerprint density at radius 3 is 2.81 bits per heavy atom. The average molecular weight is 282 g/mol. The maximum Gasteiger partial charge on any atom is 0.338 e. The maximum absolute atomic E-state index is 11.8. The minimum Gasteiger partial charge on any atom is -0.493 e. The first-order chi connectivity index (χ1) is 10.3. The molecule has 3 heteroatoms. The molecule has 0 spiro atoms. The molecule has 0 aromatic heterocycles. The molecule has 0 fully saturated rings. The van der Waals surface area contributed by atoms with E-state index in [1.54, 1.807) is 6.07 Å². The second-order valence-corrected chi connectivity index (χ2v) is 5.17. The van der Waals surface area contributed by atoms with Crippen molar-refractivity contribution in [2.24, 2.45) is 0 Å². The van der Waals surface area contributed by atoms with Gasteiger partial charge in [0.15, 0.2) is 0 Å². The van der Waals surface area contributed by atoms with Gasteiger partial charge in [0.05, 0.1) is 18.8 Å². The summed E-state index contributed by atoms with van der Waals surface area (Å²) < 4.78 is 10.8. The van der Waals surface area contributed by atoms with Crippen molar-refractivity contribution >= 4 is 5.97 Å². The van der Waals surface area contributed by atoms with Crippen LogP contribution in [0.25, 0.3) is 0 Å². The van der Waals surface area contributed by atoms with Gasteiger partial charge in [-0.25, -0.2) is 4.79 Å². The summed E-state index contributed by atoms with van der Waals surface area (Å²) in [5, 5.41) is 0. The third kappa shape index (κ3) is 2.92. The third-order valence-corrected chi connectivity index (χ3v) is 3.73. The Hall–Kier alpha value is -2.29. The van der Waals surface area contributed by atoms with E-state index >= 15 is 0 Å². The summed E-state index contributed by atoms with van der Waals surface area (Å²) in [6.45, 7) is 2.86. The molecule has 2 aromatic rings. The predicted octanol–water partition coefficient (Wildman–Crippen LogP) is 3.58. The first-order valence-corrected chi connectivity index (χ1v) is 7.25. The van der Waals surface area contributed by atoms with Gasteiger partial charge in [0.25, 0.3) is 0 Å².